The Hall–Kier alpha value is -0.840. The van der Waals surface area contributed by atoms with E-state index in [-0.39, 0.29) is 19.1 Å². The van der Waals surface area contributed by atoms with Gasteiger partial charge in [-0.2, -0.15) is 16.1 Å². The van der Waals surface area contributed by atoms with Gasteiger partial charge in [-0.1, -0.05) is 0 Å². The molecular formula is C14H26N4O4S2. The summed E-state index contributed by atoms with van der Waals surface area (Å²) in [5.41, 5.74) is 0. The van der Waals surface area contributed by atoms with Gasteiger partial charge < -0.3 is 15.5 Å². The molecule has 2 amide bonds. The zero-order valence-corrected chi connectivity index (χ0v) is 15.8. The number of hydrogen-bond donors (Lipinski definition) is 2. The minimum absolute atomic E-state index is 0.0736. The normalized spacial score (nSPS) is 21.2. The third-order valence-electron chi connectivity index (χ3n) is 4.32. The second-order valence-electron chi connectivity index (χ2n) is 6.18. The van der Waals surface area contributed by atoms with Crippen molar-refractivity contribution in [2.24, 2.45) is 0 Å². The SMILES string of the molecule is CSCCC(C)NC(=O)C(=O)N1CC(S(=O)(=O)N2CCNCC2)C1. The van der Waals surface area contributed by atoms with E-state index in [4.69, 9.17) is 0 Å². The molecule has 2 N–H and O–H groups in total. The predicted molar refractivity (Wildman–Crippen MR) is 94.3 cm³/mol. The zero-order chi connectivity index (χ0) is 17.7. The van der Waals surface area contributed by atoms with Crippen LogP contribution >= 0.6 is 11.8 Å². The lowest BCUT2D eigenvalue weighted by Gasteiger charge is -2.41. The third-order valence-corrected chi connectivity index (χ3v) is 7.19. The first kappa shape index (κ1) is 19.5. The highest BCUT2D eigenvalue weighted by Crippen LogP contribution is 2.20. The summed E-state index contributed by atoms with van der Waals surface area (Å²) in [7, 11) is -3.39. The Morgan fingerprint density at radius 3 is 2.50 bits per heavy atom. The fraction of sp³-hybridized carbons (Fsp3) is 0.857. The average molecular weight is 379 g/mol. The molecule has 0 spiro atoms. The average Bonchev–Trinajstić information content (AvgIpc) is 2.51. The second kappa shape index (κ2) is 8.50. The smallest absolute Gasteiger partial charge is 0.311 e. The largest absolute Gasteiger partial charge is 0.345 e. The van der Waals surface area contributed by atoms with Gasteiger partial charge >= 0.3 is 11.8 Å². The summed E-state index contributed by atoms with van der Waals surface area (Å²) in [5, 5.41) is 5.18. The molecule has 2 rings (SSSR count). The molecule has 0 aromatic carbocycles. The van der Waals surface area contributed by atoms with Gasteiger partial charge in [0.15, 0.2) is 0 Å². The van der Waals surface area contributed by atoms with Crippen LogP contribution in [0.5, 0.6) is 0 Å². The van der Waals surface area contributed by atoms with Gasteiger partial charge in [0.2, 0.25) is 10.0 Å². The van der Waals surface area contributed by atoms with E-state index in [0.29, 0.717) is 26.2 Å². The van der Waals surface area contributed by atoms with Gasteiger partial charge in [-0.25, -0.2) is 8.42 Å². The Morgan fingerprint density at radius 1 is 1.29 bits per heavy atom. The van der Waals surface area contributed by atoms with Crippen LogP contribution in [0.15, 0.2) is 0 Å². The van der Waals surface area contributed by atoms with Crippen molar-refractivity contribution < 1.29 is 18.0 Å². The van der Waals surface area contributed by atoms with E-state index in [9.17, 15) is 18.0 Å². The molecule has 0 aromatic heterocycles. The van der Waals surface area contributed by atoms with E-state index in [1.54, 1.807) is 11.8 Å². The van der Waals surface area contributed by atoms with Gasteiger partial charge in [0, 0.05) is 45.3 Å². The first-order chi connectivity index (χ1) is 11.4. The maximum Gasteiger partial charge on any atom is 0.311 e. The highest BCUT2D eigenvalue weighted by atomic mass is 32.2. The molecule has 10 heteroatoms. The lowest BCUT2D eigenvalue weighted by atomic mass is 10.2. The molecule has 2 heterocycles. The summed E-state index contributed by atoms with van der Waals surface area (Å²) < 4.78 is 26.4. The Kier molecular flexibility index (Phi) is 6.90. The molecule has 2 aliphatic heterocycles. The molecule has 0 aromatic rings. The van der Waals surface area contributed by atoms with E-state index < -0.39 is 27.1 Å². The van der Waals surface area contributed by atoms with Crippen LogP contribution < -0.4 is 10.6 Å². The fourth-order valence-corrected chi connectivity index (χ4v) is 5.14. The standard InChI is InChI=1S/C14H26N4O4S2/c1-11(3-8-23-2)16-13(19)14(20)17-9-12(10-17)24(21,22)18-6-4-15-5-7-18/h11-12,15H,3-10H2,1-2H3,(H,16,19). The van der Waals surface area contributed by atoms with E-state index >= 15 is 0 Å². The van der Waals surface area contributed by atoms with Crippen molar-refractivity contribution in [3.8, 4) is 0 Å². The van der Waals surface area contributed by atoms with Crippen LogP contribution in [-0.4, -0.2) is 92.0 Å². The third kappa shape index (κ3) is 4.62. The van der Waals surface area contributed by atoms with Crippen molar-refractivity contribution >= 4 is 33.6 Å². The van der Waals surface area contributed by atoms with Crippen molar-refractivity contribution in [2.75, 3.05) is 51.3 Å². The van der Waals surface area contributed by atoms with Gasteiger partial charge in [-0.3, -0.25) is 9.59 Å². The Balaban J connectivity index is 1.80. The van der Waals surface area contributed by atoms with Gasteiger partial charge in [0.05, 0.1) is 0 Å². The number of carbonyl (C=O) groups excluding carboxylic acids is 2. The Labute approximate surface area is 147 Å². The van der Waals surface area contributed by atoms with Crippen molar-refractivity contribution in [1.82, 2.24) is 19.8 Å². The zero-order valence-electron chi connectivity index (χ0n) is 14.2. The summed E-state index contributed by atoms with van der Waals surface area (Å²) in [4.78, 5) is 25.3. The van der Waals surface area contributed by atoms with E-state index in [2.05, 4.69) is 10.6 Å². The minimum Gasteiger partial charge on any atom is -0.345 e. The lowest BCUT2D eigenvalue weighted by molar-refractivity contribution is -0.148. The molecule has 0 bridgehead atoms. The van der Waals surface area contributed by atoms with Crippen LogP contribution in [0.25, 0.3) is 0 Å². The van der Waals surface area contributed by atoms with Crippen LogP contribution in [0.2, 0.25) is 0 Å². The van der Waals surface area contributed by atoms with E-state index in [0.717, 1.165) is 12.2 Å². The Bertz CT molecular complexity index is 557. The molecule has 138 valence electrons. The van der Waals surface area contributed by atoms with Crippen LogP contribution in [0.3, 0.4) is 0 Å². The predicted octanol–water partition coefficient (Wildman–Crippen LogP) is -1.31. The molecule has 0 saturated carbocycles. The van der Waals surface area contributed by atoms with Crippen molar-refractivity contribution in [1.29, 1.82) is 0 Å². The van der Waals surface area contributed by atoms with Gasteiger partial charge in [0.1, 0.15) is 5.25 Å². The molecule has 2 saturated heterocycles. The van der Waals surface area contributed by atoms with Crippen LogP contribution in [0.4, 0.5) is 0 Å². The van der Waals surface area contributed by atoms with Crippen LogP contribution in [-0.2, 0) is 19.6 Å². The Morgan fingerprint density at radius 2 is 1.92 bits per heavy atom. The van der Waals surface area contributed by atoms with Gasteiger partial charge in [0.25, 0.3) is 0 Å². The quantitative estimate of drug-likeness (QED) is 0.557. The maximum absolute atomic E-state index is 12.5. The number of thioether (sulfide) groups is 1. The highest BCUT2D eigenvalue weighted by molar-refractivity contribution is 7.98. The number of nitrogens with one attached hydrogen (secondary N) is 2. The molecule has 1 atom stereocenters. The number of nitrogens with zero attached hydrogens (tertiary/aromatic N) is 2. The second-order valence-corrected chi connectivity index (χ2v) is 9.38. The van der Waals surface area contributed by atoms with Crippen molar-refractivity contribution in [2.45, 2.75) is 24.6 Å². The first-order valence-corrected chi connectivity index (χ1v) is 11.0. The summed E-state index contributed by atoms with van der Waals surface area (Å²) in [5.74, 6) is -0.385. The minimum atomic E-state index is -3.39. The highest BCUT2D eigenvalue weighted by Gasteiger charge is 2.44. The molecule has 2 fully saturated rings. The summed E-state index contributed by atoms with van der Waals surface area (Å²) in [6, 6.07) is -0.0736. The van der Waals surface area contributed by atoms with Crippen LogP contribution in [0, 0.1) is 0 Å². The molecule has 24 heavy (non-hydrogen) atoms. The molecule has 8 nitrogen and oxygen atoms in total. The summed E-state index contributed by atoms with van der Waals surface area (Å²) >= 11 is 1.68. The maximum atomic E-state index is 12.5. The number of amides is 2. The molecular weight excluding hydrogens is 352 g/mol. The van der Waals surface area contributed by atoms with E-state index in [1.807, 2.05) is 13.2 Å². The monoisotopic (exact) mass is 378 g/mol. The number of piperazine rings is 1. The first-order valence-electron chi connectivity index (χ1n) is 8.14. The number of rotatable bonds is 6. The number of hydrogen-bond acceptors (Lipinski definition) is 6. The number of sulfonamides is 1. The lowest BCUT2D eigenvalue weighted by Crippen LogP contribution is -2.63. The fourth-order valence-electron chi connectivity index (χ4n) is 2.70. The number of carbonyl (C=O) groups is 2. The van der Waals surface area contributed by atoms with Crippen molar-refractivity contribution in [3.63, 3.8) is 0 Å². The number of likely N-dealkylation sites (tertiary alicyclic amines) is 1. The van der Waals surface area contributed by atoms with Gasteiger partial charge in [-0.15, -0.1) is 0 Å². The molecule has 0 radical (unpaired) electrons. The van der Waals surface area contributed by atoms with Crippen LogP contribution in [0.1, 0.15) is 13.3 Å². The molecule has 0 aliphatic carbocycles. The van der Waals surface area contributed by atoms with Gasteiger partial charge in [-0.05, 0) is 25.4 Å². The van der Waals surface area contributed by atoms with E-state index in [1.165, 1.54) is 9.21 Å². The molecule has 1 unspecified atom stereocenters. The summed E-state index contributed by atoms with van der Waals surface area (Å²) in [6.45, 7) is 4.25. The molecule has 2 aliphatic rings. The van der Waals surface area contributed by atoms with Crippen molar-refractivity contribution in [3.05, 3.63) is 0 Å². The summed E-state index contributed by atoms with van der Waals surface area (Å²) in [6.07, 6.45) is 2.78. The topological polar surface area (TPSA) is 98.8 Å².